The van der Waals surface area contributed by atoms with E-state index in [2.05, 4.69) is 0 Å². The highest BCUT2D eigenvalue weighted by molar-refractivity contribution is 4.92. The Kier molecular flexibility index (Phi) is 5.88. The highest BCUT2D eigenvalue weighted by Crippen LogP contribution is 2.50. The van der Waals surface area contributed by atoms with Gasteiger partial charge < -0.3 is 15.3 Å². The minimum absolute atomic E-state index is 0.149. The lowest BCUT2D eigenvalue weighted by molar-refractivity contribution is 0.141. The molecule has 20 heavy (non-hydrogen) atoms. The van der Waals surface area contributed by atoms with Crippen molar-refractivity contribution in [3.8, 4) is 0 Å². The van der Waals surface area contributed by atoms with Crippen LogP contribution in [0.2, 0.25) is 0 Å². The van der Waals surface area contributed by atoms with Crippen LogP contribution in [0.25, 0.3) is 0 Å². The predicted octanol–water partition coefficient (Wildman–Crippen LogP) is 3.01. The molecule has 3 heteroatoms. The molecule has 0 unspecified atom stereocenters. The van der Waals surface area contributed by atoms with Gasteiger partial charge in [0.1, 0.15) is 0 Å². The Morgan fingerprint density at radius 1 is 0.700 bits per heavy atom. The van der Waals surface area contributed by atoms with Crippen LogP contribution in [0.5, 0.6) is 0 Å². The van der Waals surface area contributed by atoms with Crippen molar-refractivity contribution in [2.45, 2.75) is 83.2 Å². The maximum absolute atomic E-state index is 9.95. The number of unbranched alkanes of at least 4 members (excludes halogenated alkanes) is 2. The fourth-order valence-electron chi connectivity index (χ4n) is 3.23. The standard InChI is InChI=1S/C17H32O3/c18-13-16(9-10-16)7-3-1-5-15(20)6-2-4-8-17(14-19)11-12-17/h15,18-20H,1-14H2. The van der Waals surface area contributed by atoms with E-state index in [0.717, 1.165) is 51.4 Å². The van der Waals surface area contributed by atoms with Gasteiger partial charge in [-0.05, 0) is 62.2 Å². The van der Waals surface area contributed by atoms with Gasteiger partial charge in [-0.3, -0.25) is 0 Å². The molecule has 0 aromatic rings. The number of aliphatic hydroxyl groups excluding tert-OH is 3. The Morgan fingerprint density at radius 3 is 1.40 bits per heavy atom. The second kappa shape index (κ2) is 7.24. The Morgan fingerprint density at radius 2 is 1.10 bits per heavy atom. The molecule has 3 nitrogen and oxygen atoms in total. The van der Waals surface area contributed by atoms with E-state index in [1.165, 1.54) is 25.7 Å². The minimum atomic E-state index is -0.149. The predicted molar refractivity (Wildman–Crippen MR) is 80.4 cm³/mol. The van der Waals surface area contributed by atoms with Gasteiger partial charge in [-0.1, -0.05) is 25.7 Å². The van der Waals surface area contributed by atoms with E-state index >= 15 is 0 Å². The van der Waals surface area contributed by atoms with Crippen molar-refractivity contribution < 1.29 is 15.3 Å². The molecule has 0 heterocycles. The Bertz CT molecular complexity index is 254. The molecular formula is C17H32O3. The topological polar surface area (TPSA) is 60.7 Å². The molecule has 0 atom stereocenters. The van der Waals surface area contributed by atoms with Gasteiger partial charge in [0.05, 0.1) is 6.10 Å². The zero-order valence-electron chi connectivity index (χ0n) is 12.8. The third-order valence-corrected chi connectivity index (χ3v) is 5.57. The average molecular weight is 284 g/mol. The molecule has 0 aromatic heterocycles. The Hall–Kier alpha value is -0.120. The van der Waals surface area contributed by atoms with Crippen LogP contribution < -0.4 is 0 Å². The van der Waals surface area contributed by atoms with Crippen LogP contribution >= 0.6 is 0 Å². The summed E-state index contributed by atoms with van der Waals surface area (Å²) in [7, 11) is 0. The molecular weight excluding hydrogens is 252 g/mol. The summed E-state index contributed by atoms with van der Waals surface area (Å²) in [5.74, 6) is 0. The Balaban J connectivity index is 1.41. The molecule has 0 saturated heterocycles. The van der Waals surface area contributed by atoms with Crippen LogP contribution in [0.1, 0.15) is 77.0 Å². The SMILES string of the molecule is OCC1(CCCCC(O)CCCCC2(CO)CC2)CC1. The molecule has 118 valence electrons. The quantitative estimate of drug-likeness (QED) is 0.483. The molecule has 0 amide bonds. The monoisotopic (exact) mass is 284 g/mol. The summed E-state index contributed by atoms with van der Waals surface area (Å²) in [6, 6.07) is 0. The van der Waals surface area contributed by atoms with Crippen molar-refractivity contribution >= 4 is 0 Å². The molecule has 0 radical (unpaired) electrons. The lowest BCUT2D eigenvalue weighted by atomic mass is 9.96. The van der Waals surface area contributed by atoms with Crippen LogP contribution in [0.3, 0.4) is 0 Å². The maximum Gasteiger partial charge on any atom is 0.0540 e. The maximum atomic E-state index is 9.95. The van der Waals surface area contributed by atoms with Crippen LogP contribution in [0, 0.1) is 10.8 Å². The van der Waals surface area contributed by atoms with E-state index in [4.69, 9.17) is 0 Å². The molecule has 0 aliphatic heterocycles. The number of aliphatic hydroxyl groups is 3. The summed E-state index contributed by atoms with van der Waals surface area (Å²) in [5.41, 5.74) is 0.543. The normalized spacial score (nSPS) is 22.2. The van der Waals surface area contributed by atoms with Crippen LogP contribution in [0.4, 0.5) is 0 Å². The average Bonchev–Trinajstić information content (AvgIpc) is 3.36. The van der Waals surface area contributed by atoms with E-state index in [1.807, 2.05) is 0 Å². The van der Waals surface area contributed by atoms with E-state index in [9.17, 15) is 15.3 Å². The minimum Gasteiger partial charge on any atom is -0.396 e. The third kappa shape index (κ3) is 5.01. The Labute approximate surface area is 123 Å². The van der Waals surface area contributed by atoms with Crippen molar-refractivity contribution in [2.75, 3.05) is 13.2 Å². The van der Waals surface area contributed by atoms with Gasteiger partial charge in [-0.2, -0.15) is 0 Å². The van der Waals surface area contributed by atoms with Gasteiger partial charge in [-0.25, -0.2) is 0 Å². The molecule has 0 bridgehead atoms. The first-order chi connectivity index (χ1) is 9.64. The van der Waals surface area contributed by atoms with E-state index in [-0.39, 0.29) is 16.9 Å². The van der Waals surface area contributed by atoms with Gasteiger partial charge in [0.2, 0.25) is 0 Å². The van der Waals surface area contributed by atoms with Gasteiger partial charge in [0.15, 0.2) is 0 Å². The lowest BCUT2D eigenvalue weighted by Crippen LogP contribution is -2.10. The first kappa shape index (κ1) is 16.3. The summed E-state index contributed by atoms with van der Waals surface area (Å²) in [6.45, 7) is 0.699. The van der Waals surface area contributed by atoms with Gasteiger partial charge in [0.25, 0.3) is 0 Å². The molecule has 2 aliphatic carbocycles. The summed E-state index contributed by atoms with van der Waals surface area (Å²) >= 11 is 0. The fourth-order valence-corrected chi connectivity index (χ4v) is 3.23. The summed E-state index contributed by atoms with van der Waals surface area (Å²) in [4.78, 5) is 0. The highest BCUT2D eigenvalue weighted by atomic mass is 16.3. The largest absolute Gasteiger partial charge is 0.396 e. The van der Waals surface area contributed by atoms with E-state index in [1.54, 1.807) is 0 Å². The molecule has 2 saturated carbocycles. The second-order valence-corrected chi connectivity index (χ2v) is 7.46. The number of rotatable bonds is 12. The van der Waals surface area contributed by atoms with Gasteiger partial charge >= 0.3 is 0 Å². The summed E-state index contributed by atoms with van der Waals surface area (Å²) in [5, 5.41) is 28.4. The van der Waals surface area contributed by atoms with E-state index in [0.29, 0.717) is 13.2 Å². The molecule has 2 aliphatic rings. The van der Waals surface area contributed by atoms with Crippen molar-refractivity contribution in [2.24, 2.45) is 10.8 Å². The summed E-state index contributed by atoms with van der Waals surface area (Å²) in [6.07, 6.45) is 13.2. The van der Waals surface area contributed by atoms with Crippen molar-refractivity contribution in [1.29, 1.82) is 0 Å². The van der Waals surface area contributed by atoms with Crippen molar-refractivity contribution in [3.05, 3.63) is 0 Å². The zero-order chi connectivity index (χ0) is 14.5. The third-order valence-electron chi connectivity index (χ3n) is 5.57. The smallest absolute Gasteiger partial charge is 0.0540 e. The molecule has 0 aromatic carbocycles. The number of hydrogen-bond donors (Lipinski definition) is 3. The molecule has 0 spiro atoms. The fraction of sp³-hybridized carbons (Fsp3) is 1.00. The molecule has 3 N–H and O–H groups in total. The molecule has 2 fully saturated rings. The molecule has 2 rings (SSSR count). The first-order valence-electron chi connectivity index (χ1n) is 8.54. The van der Waals surface area contributed by atoms with Crippen molar-refractivity contribution in [3.63, 3.8) is 0 Å². The van der Waals surface area contributed by atoms with Crippen LogP contribution in [-0.2, 0) is 0 Å². The van der Waals surface area contributed by atoms with Crippen LogP contribution in [-0.4, -0.2) is 34.6 Å². The second-order valence-electron chi connectivity index (χ2n) is 7.46. The zero-order valence-corrected chi connectivity index (χ0v) is 12.8. The van der Waals surface area contributed by atoms with Crippen molar-refractivity contribution in [1.82, 2.24) is 0 Å². The van der Waals surface area contributed by atoms with Gasteiger partial charge in [0, 0.05) is 13.2 Å². The van der Waals surface area contributed by atoms with Crippen LogP contribution in [0.15, 0.2) is 0 Å². The number of hydrogen-bond acceptors (Lipinski definition) is 3. The summed E-state index contributed by atoms with van der Waals surface area (Å²) < 4.78 is 0. The first-order valence-corrected chi connectivity index (χ1v) is 8.54. The lowest BCUT2D eigenvalue weighted by Gasteiger charge is -2.14. The highest BCUT2D eigenvalue weighted by Gasteiger charge is 2.41. The van der Waals surface area contributed by atoms with E-state index < -0.39 is 0 Å². The van der Waals surface area contributed by atoms with Gasteiger partial charge in [-0.15, -0.1) is 0 Å².